The Hall–Kier alpha value is -3.41. The molecule has 4 aromatic rings. The molecule has 0 unspecified atom stereocenters. The summed E-state index contributed by atoms with van der Waals surface area (Å²) < 4.78 is 9.50. The number of hydrogen-bond donors (Lipinski definition) is 0. The van der Waals surface area contributed by atoms with Gasteiger partial charge in [-0.1, -0.05) is 44.2 Å². The molecule has 0 aliphatic carbocycles. The van der Waals surface area contributed by atoms with Gasteiger partial charge in [0.25, 0.3) is 0 Å². The van der Waals surface area contributed by atoms with Crippen molar-refractivity contribution < 1.29 is 4.74 Å². The fourth-order valence-corrected chi connectivity index (χ4v) is 3.95. The van der Waals surface area contributed by atoms with E-state index in [4.69, 9.17) is 4.74 Å². The van der Waals surface area contributed by atoms with Crippen LogP contribution >= 0.6 is 0 Å². The van der Waals surface area contributed by atoms with Gasteiger partial charge in [0.1, 0.15) is 11.4 Å². The Morgan fingerprint density at radius 2 is 1.69 bits per heavy atom. The molecule has 0 amide bonds. The van der Waals surface area contributed by atoms with Crippen LogP contribution in [-0.4, -0.2) is 31.7 Å². The Bertz CT molecular complexity index is 1240. The highest BCUT2D eigenvalue weighted by atomic mass is 16.5. The fraction of sp³-hybridized carbons (Fsp3) is 0.346. The minimum Gasteiger partial charge on any atom is -0.495 e. The van der Waals surface area contributed by atoms with Gasteiger partial charge < -0.3 is 9.30 Å². The lowest BCUT2D eigenvalue weighted by Gasteiger charge is -2.22. The molecule has 0 radical (unpaired) electrons. The summed E-state index contributed by atoms with van der Waals surface area (Å²) in [5.74, 6) is 0.763. The average Bonchev–Trinajstić information content (AvgIpc) is 3.38. The van der Waals surface area contributed by atoms with Crippen LogP contribution in [0.1, 0.15) is 48.7 Å². The standard InChI is InChI=1S/C26H31N5O/c1-17-10-21(26(4,5)6)11-18(2)22(17)14-31-15-23(28-29-31)20-8-9-24(25(12-20)32-7)30-13-19(3)27-16-30/h8-13,15-16H,14H2,1-7H3. The second kappa shape index (κ2) is 8.26. The third kappa shape index (κ3) is 4.31. The molecule has 6 nitrogen and oxygen atoms in total. The molecule has 6 heteroatoms. The summed E-state index contributed by atoms with van der Waals surface area (Å²) >= 11 is 0. The highest BCUT2D eigenvalue weighted by Crippen LogP contribution is 2.30. The first-order chi connectivity index (χ1) is 15.2. The zero-order valence-corrected chi connectivity index (χ0v) is 20.0. The monoisotopic (exact) mass is 429 g/mol. The van der Waals surface area contributed by atoms with E-state index in [0.29, 0.717) is 6.54 Å². The molecular weight excluding hydrogens is 398 g/mol. The molecular formula is C26H31N5O. The van der Waals surface area contributed by atoms with Crippen molar-refractivity contribution >= 4 is 0 Å². The van der Waals surface area contributed by atoms with Crippen molar-refractivity contribution in [3.8, 4) is 22.7 Å². The van der Waals surface area contributed by atoms with E-state index >= 15 is 0 Å². The van der Waals surface area contributed by atoms with Crippen LogP contribution in [-0.2, 0) is 12.0 Å². The number of benzene rings is 2. The molecule has 0 saturated carbocycles. The highest BCUT2D eigenvalue weighted by molar-refractivity contribution is 5.64. The van der Waals surface area contributed by atoms with E-state index in [2.05, 4.69) is 62.0 Å². The first-order valence-corrected chi connectivity index (χ1v) is 10.9. The second-order valence-electron chi connectivity index (χ2n) is 9.45. The van der Waals surface area contributed by atoms with Crippen LogP contribution in [0.2, 0.25) is 0 Å². The van der Waals surface area contributed by atoms with E-state index in [1.807, 2.05) is 46.8 Å². The van der Waals surface area contributed by atoms with Crippen LogP contribution in [0, 0.1) is 20.8 Å². The van der Waals surface area contributed by atoms with E-state index < -0.39 is 0 Å². The quantitative estimate of drug-likeness (QED) is 0.426. The Balaban J connectivity index is 1.61. The summed E-state index contributed by atoms with van der Waals surface area (Å²) in [4.78, 5) is 4.31. The van der Waals surface area contributed by atoms with Gasteiger partial charge in [-0.3, -0.25) is 0 Å². The van der Waals surface area contributed by atoms with E-state index in [1.54, 1.807) is 13.4 Å². The molecule has 2 heterocycles. The van der Waals surface area contributed by atoms with Gasteiger partial charge in [-0.05, 0) is 60.6 Å². The topological polar surface area (TPSA) is 57.8 Å². The third-order valence-electron chi connectivity index (χ3n) is 5.89. The van der Waals surface area contributed by atoms with Gasteiger partial charge in [0.2, 0.25) is 0 Å². The van der Waals surface area contributed by atoms with Gasteiger partial charge in [-0.2, -0.15) is 0 Å². The predicted molar refractivity (Wildman–Crippen MR) is 128 cm³/mol. The molecule has 0 fully saturated rings. The van der Waals surface area contributed by atoms with Crippen LogP contribution in [0.15, 0.2) is 49.1 Å². The minimum atomic E-state index is 0.134. The third-order valence-corrected chi connectivity index (χ3v) is 5.89. The molecule has 0 N–H and O–H groups in total. The molecule has 0 aliphatic heterocycles. The fourth-order valence-electron chi connectivity index (χ4n) is 3.95. The second-order valence-corrected chi connectivity index (χ2v) is 9.45. The lowest BCUT2D eigenvalue weighted by Crippen LogP contribution is -2.13. The van der Waals surface area contributed by atoms with Gasteiger partial charge in [0.15, 0.2) is 0 Å². The van der Waals surface area contributed by atoms with Crippen LogP contribution in [0.25, 0.3) is 16.9 Å². The molecule has 2 aromatic carbocycles. The van der Waals surface area contributed by atoms with E-state index in [-0.39, 0.29) is 5.41 Å². The molecule has 4 rings (SSSR count). The predicted octanol–water partition coefficient (Wildman–Crippen LogP) is 5.41. The molecule has 32 heavy (non-hydrogen) atoms. The van der Waals surface area contributed by atoms with Crippen molar-refractivity contribution in [3.63, 3.8) is 0 Å². The Labute approximate surface area is 189 Å². The number of hydrogen-bond acceptors (Lipinski definition) is 4. The number of ether oxygens (including phenoxy) is 1. The maximum absolute atomic E-state index is 5.64. The summed E-state index contributed by atoms with van der Waals surface area (Å²) in [5, 5.41) is 8.81. The highest BCUT2D eigenvalue weighted by Gasteiger charge is 2.17. The Kier molecular flexibility index (Phi) is 5.63. The van der Waals surface area contributed by atoms with Crippen molar-refractivity contribution in [2.45, 2.75) is 53.5 Å². The number of rotatable bonds is 5. The lowest BCUT2D eigenvalue weighted by molar-refractivity contribution is 0.413. The van der Waals surface area contributed by atoms with E-state index in [1.165, 1.54) is 22.3 Å². The summed E-state index contributed by atoms with van der Waals surface area (Å²) in [6, 6.07) is 10.6. The molecule has 0 saturated heterocycles. The van der Waals surface area contributed by atoms with E-state index in [0.717, 1.165) is 28.4 Å². The molecule has 166 valence electrons. The van der Waals surface area contributed by atoms with Crippen molar-refractivity contribution in [1.29, 1.82) is 0 Å². The molecule has 0 aliphatic rings. The zero-order chi connectivity index (χ0) is 23.0. The van der Waals surface area contributed by atoms with E-state index in [9.17, 15) is 0 Å². The molecule has 0 atom stereocenters. The summed E-state index contributed by atoms with van der Waals surface area (Å²) in [6.07, 6.45) is 5.76. The first-order valence-electron chi connectivity index (χ1n) is 10.9. The SMILES string of the molecule is COc1cc(-c2cn(Cc3c(C)cc(C(C)(C)C)cc3C)nn2)ccc1-n1cnc(C)c1. The van der Waals surface area contributed by atoms with Crippen molar-refractivity contribution in [3.05, 3.63) is 77.0 Å². The maximum Gasteiger partial charge on any atom is 0.143 e. The van der Waals surface area contributed by atoms with Crippen molar-refractivity contribution in [2.75, 3.05) is 7.11 Å². The minimum absolute atomic E-state index is 0.134. The van der Waals surface area contributed by atoms with Crippen molar-refractivity contribution in [1.82, 2.24) is 24.5 Å². The van der Waals surface area contributed by atoms with Gasteiger partial charge in [0, 0.05) is 11.8 Å². The van der Waals surface area contributed by atoms with Gasteiger partial charge in [-0.15, -0.1) is 5.10 Å². The van der Waals surface area contributed by atoms with Gasteiger partial charge in [0.05, 0.1) is 37.6 Å². The number of aryl methyl sites for hydroxylation is 3. The van der Waals surface area contributed by atoms with Crippen LogP contribution in [0.3, 0.4) is 0 Å². The molecule has 0 spiro atoms. The largest absolute Gasteiger partial charge is 0.495 e. The number of nitrogens with zero attached hydrogens (tertiary/aromatic N) is 5. The number of methoxy groups -OCH3 is 1. The smallest absolute Gasteiger partial charge is 0.143 e. The van der Waals surface area contributed by atoms with Crippen LogP contribution < -0.4 is 4.74 Å². The van der Waals surface area contributed by atoms with Gasteiger partial charge in [-0.25, -0.2) is 9.67 Å². The lowest BCUT2D eigenvalue weighted by atomic mass is 9.84. The Morgan fingerprint density at radius 3 is 2.28 bits per heavy atom. The zero-order valence-electron chi connectivity index (χ0n) is 20.0. The Morgan fingerprint density at radius 1 is 0.969 bits per heavy atom. The maximum atomic E-state index is 5.64. The first kappa shape index (κ1) is 21.8. The van der Waals surface area contributed by atoms with Crippen LogP contribution in [0.4, 0.5) is 0 Å². The number of aromatic nitrogens is 5. The van der Waals surface area contributed by atoms with Crippen molar-refractivity contribution in [2.24, 2.45) is 0 Å². The number of imidazole rings is 1. The average molecular weight is 430 g/mol. The summed E-state index contributed by atoms with van der Waals surface area (Å²) in [6.45, 7) is 13.8. The summed E-state index contributed by atoms with van der Waals surface area (Å²) in [7, 11) is 1.68. The summed E-state index contributed by atoms with van der Waals surface area (Å²) in [5.41, 5.74) is 9.03. The molecule has 2 aromatic heterocycles. The van der Waals surface area contributed by atoms with Crippen LogP contribution in [0.5, 0.6) is 5.75 Å². The normalized spacial score (nSPS) is 11.7. The van der Waals surface area contributed by atoms with Gasteiger partial charge >= 0.3 is 0 Å². The molecule has 0 bridgehead atoms.